The molecule has 0 spiro atoms. The van der Waals surface area contributed by atoms with Crippen molar-refractivity contribution in [1.29, 1.82) is 0 Å². The second-order valence-corrected chi connectivity index (χ2v) is 5.98. The third kappa shape index (κ3) is 5.70. The summed E-state index contributed by atoms with van der Waals surface area (Å²) in [5.41, 5.74) is 0.356. The average Bonchev–Trinajstić information content (AvgIpc) is 2.54. The molecule has 24 heavy (non-hydrogen) atoms. The van der Waals surface area contributed by atoms with E-state index in [1.54, 1.807) is 24.3 Å². The van der Waals surface area contributed by atoms with Crippen molar-refractivity contribution in [3.63, 3.8) is 0 Å². The van der Waals surface area contributed by atoms with Crippen LogP contribution >= 0.6 is 7.82 Å². The van der Waals surface area contributed by atoms with E-state index in [4.69, 9.17) is 19.3 Å². The highest BCUT2D eigenvalue weighted by atomic mass is 31.2. The summed E-state index contributed by atoms with van der Waals surface area (Å²) in [6.45, 7) is 2.61. The van der Waals surface area contributed by atoms with Crippen LogP contribution in [0.4, 0.5) is 0 Å². The van der Waals surface area contributed by atoms with Crippen LogP contribution in [0.3, 0.4) is 0 Å². The molecule has 0 aliphatic rings. The lowest BCUT2D eigenvalue weighted by Gasteiger charge is -2.08. The molecule has 128 valence electrons. The van der Waals surface area contributed by atoms with E-state index in [2.05, 4.69) is 4.52 Å². The molecule has 0 atom stereocenters. The fraction of sp³-hybridized carbons (Fsp3) is 0.188. The zero-order valence-electron chi connectivity index (χ0n) is 12.9. The summed E-state index contributed by atoms with van der Waals surface area (Å²) in [5, 5.41) is 0. The fourth-order valence-electron chi connectivity index (χ4n) is 1.78. The molecule has 7 nitrogen and oxygen atoms in total. The third-order valence-electron chi connectivity index (χ3n) is 2.82. The van der Waals surface area contributed by atoms with E-state index in [0.717, 1.165) is 6.42 Å². The molecule has 0 radical (unpaired) electrons. The van der Waals surface area contributed by atoms with Crippen LogP contribution < -0.4 is 14.0 Å². The van der Waals surface area contributed by atoms with E-state index in [9.17, 15) is 9.36 Å². The third-order valence-corrected chi connectivity index (χ3v) is 3.27. The molecule has 0 saturated heterocycles. The van der Waals surface area contributed by atoms with Gasteiger partial charge in [-0.3, -0.25) is 9.79 Å². The lowest BCUT2D eigenvalue weighted by atomic mass is 10.2. The van der Waals surface area contributed by atoms with Crippen molar-refractivity contribution < 1.29 is 33.1 Å². The molecule has 2 aromatic carbocycles. The van der Waals surface area contributed by atoms with Gasteiger partial charge in [0.15, 0.2) is 0 Å². The van der Waals surface area contributed by atoms with Gasteiger partial charge in [0.25, 0.3) is 0 Å². The predicted molar refractivity (Wildman–Crippen MR) is 86.3 cm³/mol. The van der Waals surface area contributed by atoms with Crippen molar-refractivity contribution in [2.45, 2.75) is 13.3 Å². The Morgan fingerprint density at radius 2 is 1.50 bits per heavy atom. The van der Waals surface area contributed by atoms with Crippen molar-refractivity contribution in [2.75, 3.05) is 6.61 Å². The molecule has 2 aromatic rings. The first-order valence-corrected chi connectivity index (χ1v) is 8.70. The van der Waals surface area contributed by atoms with Gasteiger partial charge < -0.3 is 14.0 Å². The zero-order valence-corrected chi connectivity index (χ0v) is 13.8. The number of ether oxygens (including phenoxy) is 2. The molecule has 0 fully saturated rings. The number of esters is 1. The first-order chi connectivity index (χ1) is 11.4. The summed E-state index contributed by atoms with van der Waals surface area (Å²) in [5.74, 6) is 0.318. The molecule has 0 amide bonds. The van der Waals surface area contributed by atoms with Crippen LogP contribution in [0.25, 0.3) is 0 Å². The quantitative estimate of drug-likeness (QED) is 0.448. The Morgan fingerprint density at radius 1 is 0.958 bits per heavy atom. The van der Waals surface area contributed by atoms with Crippen molar-refractivity contribution in [3.8, 4) is 17.2 Å². The number of carbonyl (C=O) groups is 1. The van der Waals surface area contributed by atoms with Crippen LogP contribution in [0.15, 0.2) is 48.5 Å². The van der Waals surface area contributed by atoms with E-state index in [1.807, 2.05) is 6.92 Å². The van der Waals surface area contributed by atoms with Crippen LogP contribution in [0.2, 0.25) is 0 Å². The Kier molecular flexibility index (Phi) is 5.98. The number of benzene rings is 2. The van der Waals surface area contributed by atoms with E-state index in [0.29, 0.717) is 17.9 Å². The Labute approximate surface area is 139 Å². The summed E-state index contributed by atoms with van der Waals surface area (Å²) in [6, 6.07) is 11.9. The van der Waals surface area contributed by atoms with E-state index >= 15 is 0 Å². The molecular weight excluding hydrogens is 335 g/mol. The van der Waals surface area contributed by atoms with Gasteiger partial charge in [0, 0.05) is 0 Å². The second kappa shape index (κ2) is 7.97. The molecule has 0 heterocycles. The van der Waals surface area contributed by atoms with E-state index < -0.39 is 13.8 Å². The highest BCUT2D eigenvalue weighted by Gasteiger charge is 2.16. The number of hydrogen-bond acceptors (Lipinski definition) is 5. The molecule has 2 rings (SSSR count). The number of rotatable bonds is 7. The number of carbonyl (C=O) groups excluding carboxylic acids is 1. The highest BCUT2D eigenvalue weighted by molar-refractivity contribution is 7.46. The van der Waals surface area contributed by atoms with Crippen LogP contribution in [-0.2, 0) is 4.57 Å². The SMILES string of the molecule is CCCOc1ccc(C(=O)Oc2ccc(OP(=O)(O)O)cc2)cc1. The largest absolute Gasteiger partial charge is 0.524 e. The molecule has 0 aliphatic heterocycles. The standard InChI is InChI=1S/C16H17O7P/c1-2-11-21-13-5-3-12(4-6-13)16(17)22-14-7-9-15(10-8-14)23-24(18,19)20/h3-10H,2,11H2,1H3,(H2,18,19,20). The average molecular weight is 352 g/mol. The van der Waals surface area contributed by atoms with Crippen LogP contribution in [-0.4, -0.2) is 22.4 Å². The second-order valence-electron chi connectivity index (χ2n) is 4.82. The molecule has 0 aromatic heterocycles. The lowest BCUT2D eigenvalue weighted by molar-refractivity contribution is 0.0734. The van der Waals surface area contributed by atoms with Gasteiger partial charge in [0.05, 0.1) is 12.2 Å². The minimum Gasteiger partial charge on any atom is -0.494 e. The maximum absolute atomic E-state index is 12.0. The molecule has 0 aliphatic carbocycles. The minimum absolute atomic E-state index is 0.0273. The van der Waals surface area contributed by atoms with Gasteiger partial charge in [-0.1, -0.05) is 6.92 Å². The zero-order chi connectivity index (χ0) is 17.6. The summed E-state index contributed by atoms with van der Waals surface area (Å²) in [4.78, 5) is 29.4. The Bertz CT molecular complexity index is 719. The van der Waals surface area contributed by atoms with Gasteiger partial charge in [-0.05, 0) is 55.0 Å². The Morgan fingerprint density at radius 3 is 2.04 bits per heavy atom. The number of hydrogen-bond donors (Lipinski definition) is 2. The first kappa shape index (κ1) is 18.0. The molecule has 0 bridgehead atoms. The van der Waals surface area contributed by atoms with E-state index in [1.165, 1.54) is 24.3 Å². The van der Waals surface area contributed by atoms with Crippen molar-refractivity contribution in [3.05, 3.63) is 54.1 Å². The fourth-order valence-corrected chi connectivity index (χ4v) is 2.18. The van der Waals surface area contributed by atoms with E-state index in [-0.39, 0.29) is 11.5 Å². The van der Waals surface area contributed by atoms with Gasteiger partial charge in [0.1, 0.15) is 17.2 Å². The molecule has 0 saturated carbocycles. The van der Waals surface area contributed by atoms with Crippen LogP contribution in [0.5, 0.6) is 17.2 Å². The van der Waals surface area contributed by atoms with Crippen molar-refractivity contribution in [1.82, 2.24) is 0 Å². The number of phosphoric acid groups is 1. The normalized spacial score (nSPS) is 11.0. The van der Waals surface area contributed by atoms with Crippen molar-refractivity contribution in [2.24, 2.45) is 0 Å². The van der Waals surface area contributed by atoms with Crippen LogP contribution in [0, 0.1) is 0 Å². The minimum atomic E-state index is -4.61. The van der Waals surface area contributed by atoms with Gasteiger partial charge in [-0.2, -0.15) is 0 Å². The maximum atomic E-state index is 12.0. The predicted octanol–water partition coefficient (Wildman–Crippen LogP) is 3.17. The molecule has 8 heteroatoms. The molecular formula is C16H17O7P. The van der Waals surface area contributed by atoms with Crippen LogP contribution in [0.1, 0.15) is 23.7 Å². The number of phosphoric ester groups is 1. The lowest BCUT2D eigenvalue weighted by Crippen LogP contribution is -2.08. The Hall–Kier alpha value is -2.34. The Balaban J connectivity index is 1.97. The van der Waals surface area contributed by atoms with Gasteiger partial charge in [-0.25, -0.2) is 9.36 Å². The molecule has 0 unspecified atom stereocenters. The van der Waals surface area contributed by atoms with Gasteiger partial charge >= 0.3 is 13.8 Å². The topological polar surface area (TPSA) is 102 Å². The van der Waals surface area contributed by atoms with Crippen molar-refractivity contribution >= 4 is 13.8 Å². The van der Waals surface area contributed by atoms with Gasteiger partial charge in [-0.15, -0.1) is 0 Å². The maximum Gasteiger partial charge on any atom is 0.524 e. The summed E-state index contributed by atoms with van der Waals surface area (Å²) >= 11 is 0. The summed E-state index contributed by atoms with van der Waals surface area (Å²) in [6.07, 6.45) is 0.894. The first-order valence-electron chi connectivity index (χ1n) is 7.17. The smallest absolute Gasteiger partial charge is 0.494 e. The summed E-state index contributed by atoms with van der Waals surface area (Å²) < 4.78 is 25.7. The summed E-state index contributed by atoms with van der Waals surface area (Å²) in [7, 11) is -4.61. The molecule has 2 N–H and O–H groups in total. The monoisotopic (exact) mass is 352 g/mol. The van der Waals surface area contributed by atoms with Gasteiger partial charge in [0.2, 0.25) is 0 Å². The highest BCUT2D eigenvalue weighted by Crippen LogP contribution is 2.37.